The number of carbonyl (C=O) groups excluding carboxylic acids is 2. The molecule has 0 unspecified atom stereocenters. The lowest BCUT2D eigenvalue weighted by Crippen LogP contribution is -2.47. The Morgan fingerprint density at radius 1 is 1.06 bits per heavy atom. The molecule has 0 spiro atoms. The maximum absolute atomic E-state index is 12.9. The van der Waals surface area contributed by atoms with E-state index in [9.17, 15) is 28.1 Å². The summed E-state index contributed by atoms with van der Waals surface area (Å²) < 4.78 is 23.4. The number of nitrogens with two attached hydrogens (primary N) is 1. The molecule has 32 heavy (non-hydrogen) atoms. The van der Waals surface area contributed by atoms with Gasteiger partial charge in [0.1, 0.15) is 4.90 Å². The Labute approximate surface area is 188 Å². The van der Waals surface area contributed by atoms with Crippen LogP contribution in [0.2, 0.25) is 5.02 Å². The summed E-state index contributed by atoms with van der Waals surface area (Å²) in [6.07, 6.45) is 1.10. The van der Waals surface area contributed by atoms with Gasteiger partial charge in [-0.3, -0.25) is 29.5 Å². The van der Waals surface area contributed by atoms with Crippen LogP contribution < -0.4 is 5.14 Å². The van der Waals surface area contributed by atoms with Gasteiger partial charge in [0.2, 0.25) is 10.0 Å². The third-order valence-electron chi connectivity index (χ3n) is 5.75. The molecule has 0 aromatic heterocycles. The van der Waals surface area contributed by atoms with E-state index >= 15 is 0 Å². The number of fused-ring (bicyclic) bond motifs is 1. The number of non-ortho nitro benzene ring substituents is 1. The van der Waals surface area contributed by atoms with Gasteiger partial charge in [0.05, 0.1) is 21.1 Å². The van der Waals surface area contributed by atoms with Crippen LogP contribution in [-0.4, -0.2) is 54.1 Å². The van der Waals surface area contributed by atoms with Gasteiger partial charge in [-0.15, -0.1) is 0 Å². The number of likely N-dealkylation sites (tertiary alicyclic amines) is 1. The first-order valence-electron chi connectivity index (χ1n) is 9.76. The van der Waals surface area contributed by atoms with Crippen LogP contribution in [0.15, 0.2) is 41.3 Å². The molecule has 0 aliphatic carbocycles. The van der Waals surface area contributed by atoms with E-state index in [4.69, 9.17) is 16.7 Å². The van der Waals surface area contributed by atoms with Gasteiger partial charge in [0.25, 0.3) is 17.5 Å². The highest BCUT2D eigenvalue weighted by Crippen LogP contribution is 2.33. The average Bonchev–Trinajstić information content (AvgIpc) is 2.97. The second-order valence-electron chi connectivity index (χ2n) is 7.78. The molecule has 1 saturated heterocycles. The van der Waals surface area contributed by atoms with E-state index in [1.54, 1.807) is 12.1 Å². The summed E-state index contributed by atoms with van der Waals surface area (Å²) in [6.45, 7) is 1.84. The van der Waals surface area contributed by atoms with E-state index < -0.39 is 26.8 Å². The maximum atomic E-state index is 12.9. The smallest absolute Gasteiger partial charge is 0.269 e. The summed E-state index contributed by atoms with van der Waals surface area (Å²) >= 11 is 5.98. The number of nitro benzene ring substituents is 1. The zero-order valence-electron chi connectivity index (χ0n) is 16.7. The van der Waals surface area contributed by atoms with Gasteiger partial charge in [0, 0.05) is 37.8 Å². The molecule has 168 valence electrons. The van der Waals surface area contributed by atoms with Crippen LogP contribution in [0, 0.1) is 10.1 Å². The first kappa shape index (κ1) is 22.3. The van der Waals surface area contributed by atoms with E-state index in [0.29, 0.717) is 32.5 Å². The second kappa shape index (κ2) is 8.24. The highest BCUT2D eigenvalue weighted by molar-refractivity contribution is 7.89. The fourth-order valence-corrected chi connectivity index (χ4v) is 5.22. The standard InChI is InChI=1S/C20H19ClN4O6S/c21-17-9-15-16(10-18(17)32(22,30)31)20(27)24(19(15)26)13-5-7-23(8-6-13)11-12-1-3-14(4-2-12)25(28)29/h1-4,9-10,13H,5-8,11H2,(H2,22,30,31). The fourth-order valence-electron chi connectivity index (χ4n) is 4.13. The van der Waals surface area contributed by atoms with Crippen molar-refractivity contribution in [3.05, 3.63) is 68.2 Å². The van der Waals surface area contributed by atoms with Crippen molar-refractivity contribution in [1.82, 2.24) is 9.80 Å². The molecule has 0 atom stereocenters. The van der Waals surface area contributed by atoms with E-state index in [1.165, 1.54) is 23.1 Å². The topological polar surface area (TPSA) is 144 Å². The van der Waals surface area contributed by atoms with E-state index in [1.807, 2.05) is 0 Å². The van der Waals surface area contributed by atoms with Crippen molar-refractivity contribution in [2.45, 2.75) is 30.3 Å². The van der Waals surface area contributed by atoms with E-state index in [0.717, 1.165) is 11.6 Å². The molecule has 2 heterocycles. The summed E-state index contributed by atoms with van der Waals surface area (Å²) in [5.41, 5.74) is 1.01. The number of piperidine rings is 1. The molecule has 0 radical (unpaired) electrons. The number of rotatable bonds is 5. The number of nitro groups is 1. The van der Waals surface area contributed by atoms with Crippen LogP contribution in [0.5, 0.6) is 0 Å². The third-order valence-corrected chi connectivity index (χ3v) is 7.13. The number of imide groups is 1. The Morgan fingerprint density at radius 3 is 2.16 bits per heavy atom. The summed E-state index contributed by atoms with van der Waals surface area (Å²) in [6, 6.07) is 8.26. The van der Waals surface area contributed by atoms with Crippen molar-refractivity contribution in [3.8, 4) is 0 Å². The first-order chi connectivity index (χ1) is 15.1. The predicted molar refractivity (Wildman–Crippen MR) is 115 cm³/mol. The Hall–Kier alpha value is -2.86. The Kier molecular flexibility index (Phi) is 5.76. The number of amides is 2. The second-order valence-corrected chi connectivity index (χ2v) is 9.72. The van der Waals surface area contributed by atoms with Crippen molar-refractivity contribution in [2.75, 3.05) is 13.1 Å². The van der Waals surface area contributed by atoms with Gasteiger partial charge < -0.3 is 0 Å². The normalized spacial score (nSPS) is 17.6. The van der Waals surface area contributed by atoms with Gasteiger partial charge in [-0.05, 0) is 30.5 Å². The van der Waals surface area contributed by atoms with Crippen molar-refractivity contribution in [3.63, 3.8) is 0 Å². The van der Waals surface area contributed by atoms with Gasteiger partial charge in [0.15, 0.2) is 0 Å². The van der Waals surface area contributed by atoms with E-state index in [2.05, 4.69) is 4.90 Å². The zero-order valence-corrected chi connectivity index (χ0v) is 18.3. The van der Waals surface area contributed by atoms with Gasteiger partial charge in [-0.2, -0.15) is 0 Å². The maximum Gasteiger partial charge on any atom is 0.269 e. The van der Waals surface area contributed by atoms with Crippen molar-refractivity contribution >= 4 is 39.1 Å². The number of benzene rings is 2. The molecule has 2 aromatic rings. The lowest BCUT2D eigenvalue weighted by molar-refractivity contribution is -0.384. The largest absolute Gasteiger partial charge is 0.299 e. The van der Waals surface area contributed by atoms with Crippen molar-refractivity contribution < 1.29 is 22.9 Å². The van der Waals surface area contributed by atoms with Gasteiger partial charge in [-0.1, -0.05) is 23.7 Å². The molecule has 1 fully saturated rings. The van der Waals surface area contributed by atoms with Crippen LogP contribution in [0.25, 0.3) is 0 Å². The number of halogens is 1. The summed E-state index contributed by atoms with van der Waals surface area (Å²) in [7, 11) is -4.14. The SMILES string of the molecule is NS(=O)(=O)c1cc2c(cc1Cl)C(=O)N(C1CCN(Cc3ccc([N+](=O)[O-])cc3)CC1)C2=O. The fraction of sp³-hybridized carbons (Fsp3) is 0.300. The Morgan fingerprint density at radius 2 is 1.62 bits per heavy atom. The Balaban J connectivity index is 1.45. The average molecular weight is 479 g/mol. The molecule has 10 nitrogen and oxygen atoms in total. The van der Waals surface area contributed by atoms with Gasteiger partial charge >= 0.3 is 0 Å². The molecule has 2 N–H and O–H groups in total. The highest BCUT2D eigenvalue weighted by atomic mass is 35.5. The lowest BCUT2D eigenvalue weighted by Gasteiger charge is -2.35. The third kappa shape index (κ3) is 4.11. The molecule has 2 amide bonds. The Bertz CT molecular complexity index is 1220. The molecule has 0 bridgehead atoms. The quantitative estimate of drug-likeness (QED) is 0.393. The molecule has 12 heteroatoms. The number of sulfonamides is 1. The number of nitrogens with zero attached hydrogens (tertiary/aromatic N) is 3. The number of carbonyl (C=O) groups is 2. The molecular weight excluding hydrogens is 460 g/mol. The summed E-state index contributed by atoms with van der Waals surface area (Å²) in [5.74, 6) is -1.05. The minimum absolute atomic E-state index is 0.0169. The van der Waals surface area contributed by atoms with Gasteiger partial charge in [-0.25, -0.2) is 13.6 Å². The highest BCUT2D eigenvalue weighted by Gasteiger charge is 2.42. The lowest BCUT2D eigenvalue weighted by atomic mass is 10.0. The first-order valence-corrected chi connectivity index (χ1v) is 11.7. The molecule has 4 rings (SSSR count). The summed E-state index contributed by atoms with van der Waals surface area (Å²) in [5, 5.41) is 15.7. The minimum atomic E-state index is -4.14. The minimum Gasteiger partial charge on any atom is -0.299 e. The predicted octanol–water partition coefficient (Wildman–Crippen LogP) is 2.16. The number of hydrogen-bond donors (Lipinski definition) is 1. The van der Waals surface area contributed by atoms with Crippen molar-refractivity contribution in [1.29, 1.82) is 0 Å². The van der Waals surface area contributed by atoms with E-state index in [-0.39, 0.29) is 32.8 Å². The van der Waals surface area contributed by atoms with Crippen LogP contribution in [0.1, 0.15) is 39.1 Å². The number of hydrogen-bond acceptors (Lipinski definition) is 7. The number of primary sulfonamides is 1. The van der Waals surface area contributed by atoms with Crippen LogP contribution in [0.3, 0.4) is 0 Å². The van der Waals surface area contributed by atoms with Crippen LogP contribution >= 0.6 is 11.6 Å². The molecule has 2 aliphatic heterocycles. The molecular formula is C20H19ClN4O6S. The van der Waals surface area contributed by atoms with Crippen molar-refractivity contribution in [2.24, 2.45) is 5.14 Å². The summed E-state index contributed by atoms with van der Waals surface area (Å²) in [4.78, 5) is 39.1. The molecule has 2 aliphatic rings. The molecule has 2 aromatic carbocycles. The van der Waals surface area contributed by atoms with Crippen LogP contribution in [-0.2, 0) is 16.6 Å². The monoisotopic (exact) mass is 478 g/mol. The zero-order chi connectivity index (χ0) is 23.2. The van der Waals surface area contributed by atoms with Crippen LogP contribution in [0.4, 0.5) is 5.69 Å². The molecule has 0 saturated carbocycles.